The minimum absolute atomic E-state index is 0.0489. The van der Waals surface area contributed by atoms with Gasteiger partial charge >= 0.3 is 0 Å². The fraction of sp³-hybridized carbons (Fsp3) is 0.360. The Hall–Kier alpha value is -2.21. The molecule has 164 valence electrons. The molecule has 1 saturated heterocycles. The summed E-state index contributed by atoms with van der Waals surface area (Å²) in [7, 11) is 1.74. The minimum atomic E-state index is 0.0489. The molecule has 1 atom stereocenters. The Kier molecular flexibility index (Phi) is 7.38. The zero-order valence-electron chi connectivity index (χ0n) is 18.1. The van der Waals surface area contributed by atoms with E-state index in [1.807, 2.05) is 37.3 Å². The largest absolute Gasteiger partial charge is 0.495 e. The molecule has 4 nitrogen and oxygen atoms in total. The summed E-state index contributed by atoms with van der Waals surface area (Å²) in [5.41, 5.74) is 2.22. The molecule has 6 heteroatoms. The predicted molar refractivity (Wildman–Crippen MR) is 130 cm³/mol. The first kappa shape index (κ1) is 22.0. The number of ether oxygens (including phenoxy) is 2. The van der Waals surface area contributed by atoms with Gasteiger partial charge in [0.2, 0.25) is 0 Å². The zero-order valence-corrected chi connectivity index (χ0v) is 19.7. The predicted octanol–water partition coefficient (Wildman–Crippen LogP) is 6.05. The number of methoxy groups -OCH3 is 1. The third-order valence-electron chi connectivity index (χ3n) is 5.77. The Bertz CT molecular complexity index is 971. The first-order valence-corrected chi connectivity index (χ1v) is 12.0. The van der Waals surface area contributed by atoms with Crippen molar-refractivity contribution in [3.8, 4) is 11.5 Å². The van der Waals surface area contributed by atoms with Gasteiger partial charge in [-0.2, -0.15) is 0 Å². The molecule has 1 aliphatic rings. The van der Waals surface area contributed by atoms with E-state index in [2.05, 4.69) is 39.4 Å². The average Bonchev–Trinajstić information content (AvgIpc) is 3.34. The standard InChI is InChI=1S/C25H29ClN2O2S/c1-19-18-20(9-10-21(19)26)30-24(25-8-5-17-31-25)11-12-27-13-15-28(16-14-27)22-6-3-4-7-23(22)29-2/h3-10,17-18,24H,11-16H2,1-2H3. The summed E-state index contributed by atoms with van der Waals surface area (Å²) in [6.45, 7) is 7.10. The van der Waals surface area contributed by atoms with Crippen molar-refractivity contribution in [1.82, 2.24) is 4.90 Å². The van der Waals surface area contributed by atoms with E-state index in [1.165, 1.54) is 10.6 Å². The fourth-order valence-electron chi connectivity index (χ4n) is 3.99. The number of anilines is 1. The molecule has 0 spiro atoms. The Morgan fingerprint density at radius 1 is 1.03 bits per heavy atom. The van der Waals surface area contributed by atoms with Gasteiger partial charge in [0.1, 0.15) is 17.6 Å². The van der Waals surface area contributed by atoms with Gasteiger partial charge in [0.05, 0.1) is 12.8 Å². The summed E-state index contributed by atoms with van der Waals surface area (Å²) in [5, 5.41) is 2.89. The van der Waals surface area contributed by atoms with Crippen LogP contribution in [0, 0.1) is 6.92 Å². The van der Waals surface area contributed by atoms with Crippen molar-refractivity contribution < 1.29 is 9.47 Å². The first-order valence-electron chi connectivity index (χ1n) is 10.7. The highest BCUT2D eigenvalue weighted by Crippen LogP contribution is 2.31. The van der Waals surface area contributed by atoms with E-state index in [0.29, 0.717) is 0 Å². The summed E-state index contributed by atoms with van der Waals surface area (Å²) < 4.78 is 11.9. The van der Waals surface area contributed by atoms with E-state index in [1.54, 1.807) is 18.4 Å². The maximum Gasteiger partial charge on any atom is 0.142 e. The number of hydrogen-bond acceptors (Lipinski definition) is 5. The number of piperazine rings is 1. The summed E-state index contributed by atoms with van der Waals surface area (Å²) in [6.07, 6.45) is 1.00. The number of nitrogens with zero attached hydrogens (tertiary/aromatic N) is 2. The number of rotatable bonds is 8. The van der Waals surface area contributed by atoms with Crippen LogP contribution in [0.5, 0.6) is 11.5 Å². The van der Waals surface area contributed by atoms with E-state index >= 15 is 0 Å². The normalized spacial score (nSPS) is 15.6. The highest BCUT2D eigenvalue weighted by Gasteiger charge is 2.22. The quantitative estimate of drug-likeness (QED) is 0.412. The maximum absolute atomic E-state index is 6.40. The third-order valence-corrected chi connectivity index (χ3v) is 7.16. The summed E-state index contributed by atoms with van der Waals surface area (Å²) in [4.78, 5) is 6.21. The SMILES string of the molecule is COc1ccccc1N1CCN(CCC(Oc2ccc(Cl)c(C)c2)c2cccs2)CC1. The monoisotopic (exact) mass is 456 g/mol. The lowest BCUT2D eigenvalue weighted by atomic mass is 10.1. The maximum atomic E-state index is 6.40. The number of thiophene rings is 1. The van der Waals surface area contributed by atoms with Crippen molar-refractivity contribution in [3.63, 3.8) is 0 Å². The Morgan fingerprint density at radius 2 is 1.84 bits per heavy atom. The van der Waals surface area contributed by atoms with Crippen LogP contribution < -0.4 is 14.4 Å². The van der Waals surface area contributed by atoms with E-state index in [-0.39, 0.29) is 6.10 Å². The average molecular weight is 457 g/mol. The second-order valence-electron chi connectivity index (χ2n) is 7.82. The summed E-state index contributed by atoms with van der Waals surface area (Å²) >= 11 is 7.94. The molecule has 0 saturated carbocycles. The van der Waals surface area contributed by atoms with Crippen LogP contribution in [-0.2, 0) is 0 Å². The van der Waals surface area contributed by atoms with Gasteiger partial charge in [-0.15, -0.1) is 11.3 Å². The number of hydrogen-bond donors (Lipinski definition) is 0. The fourth-order valence-corrected chi connectivity index (χ4v) is 4.90. The molecule has 4 rings (SSSR count). The van der Waals surface area contributed by atoms with Crippen LogP contribution in [0.25, 0.3) is 0 Å². The van der Waals surface area contributed by atoms with Gasteiger partial charge in [-0.25, -0.2) is 0 Å². The molecule has 1 aromatic heterocycles. The highest BCUT2D eigenvalue weighted by atomic mass is 35.5. The molecular formula is C25H29ClN2O2S. The summed E-state index contributed by atoms with van der Waals surface area (Å²) in [5.74, 6) is 1.82. The van der Waals surface area contributed by atoms with Crippen molar-refractivity contribution in [1.29, 1.82) is 0 Å². The van der Waals surface area contributed by atoms with Crippen LogP contribution in [0.2, 0.25) is 5.02 Å². The molecule has 0 N–H and O–H groups in total. The number of aryl methyl sites for hydroxylation is 1. The van der Waals surface area contributed by atoms with Crippen molar-refractivity contribution >= 4 is 28.6 Å². The van der Waals surface area contributed by atoms with E-state index in [4.69, 9.17) is 21.1 Å². The van der Waals surface area contributed by atoms with Crippen molar-refractivity contribution in [3.05, 3.63) is 75.4 Å². The van der Waals surface area contributed by atoms with E-state index in [0.717, 1.165) is 61.2 Å². The molecule has 1 aliphatic heterocycles. The van der Waals surface area contributed by atoms with Crippen LogP contribution in [0.1, 0.15) is 23.0 Å². The van der Waals surface area contributed by atoms with Gasteiger partial charge in [0, 0.05) is 49.0 Å². The minimum Gasteiger partial charge on any atom is -0.495 e. The molecule has 0 bridgehead atoms. The van der Waals surface area contributed by atoms with Gasteiger partial charge in [-0.3, -0.25) is 4.90 Å². The van der Waals surface area contributed by atoms with Crippen LogP contribution in [0.15, 0.2) is 60.0 Å². The molecule has 0 amide bonds. The Labute approximate surface area is 194 Å². The molecule has 0 radical (unpaired) electrons. The molecular weight excluding hydrogens is 428 g/mol. The summed E-state index contributed by atoms with van der Waals surface area (Å²) in [6, 6.07) is 18.4. The van der Waals surface area contributed by atoms with E-state index in [9.17, 15) is 0 Å². The smallest absolute Gasteiger partial charge is 0.142 e. The van der Waals surface area contributed by atoms with Gasteiger partial charge in [0.15, 0.2) is 0 Å². The number of halogens is 1. The van der Waals surface area contributed by atoms with Crippen LogP contribution in [0.4, 0.5) is 5.69 Å². The second-order valence-corrected chi connectivity index (χ2v) is 9.21. The Balaban J connectivity index is 1.35. The van der Waals surface area contributed by atoms with E-state index < -0.39 is 0 Å². The molecule has 2 heterocycles. The zero-order chi connectivity index (χ0) is 21.6. The second kappa shape index (κ2) is 10.4. The van der Waals surface area contributed by atoms with Gasteiger partial charge in [-0.05, 0) is 54.3 Å². The molecule has 0 aliphatic carbocycles. The lowest BCUT2D eigenvalue weighted by molar-refractivity contribution is 0.162. The molecule has 2 aromatic carbocycles. The number of para-hydroxylation sites is 2. The first-order chi connectivity index (χ1) is 15.1. The van der Waals surface area contributed by atoms with Crippen molar-refractivity contribution in [2.75, 3.05) is 44.7 Å². The third kappa shape index (κ3) is 5.53. The molecule has 1 unspecified atom stereocenters. The Morgan fingerprint density at radius 3 is 2.55 bits per heavy atom. The van der Waals surface area contributed by atoms with Gasteiger partial charge in [-0.1, -0.05) is 29.8 Å². The molecule has 1 fully saturated rings. The van der Waals surface area contributed by atoms with Gasteiger partial charge < -0.3 is 14.4 Å². The van der Waals surface area contributed by atoms with Crippen molar-refractivity contribution in [2.45, 2.75) is 19.4 Å². The van der Waals surface area contributed by atoms with Crippen LogP contribution in [-0.4, -0.2) is 44.7 Å². The highest BCUT2D eigenvalue weighted by molar-refractivity contribution is 7.10. The molecule has 3 aromatic rings. The topological polar surface area (TPSA) is 24.9 Å². The lowest BCUT2D eigenvalue weighted by Crippen LogP contribution is -2.47. The molecule has 31 heavy (non-hydrogen) atoms. The van der Waals surface area contributed by atoms with Crippen LogP contribution >= 0.6 is 22.9 Å². The lowest BCUT2D eigenvalue weighted by Gasteiger charge is -2.37. The van der Waals surface area contributed by atoms with Crippen molar-refractivity contribution in [2.24, 2.45) is 0 Å². The van der Waals surface area contributed by atoms with Gasteiger partial charge in [0.25, 0.3) is 0 Å². The van der Waals surface area contributed by atoms with Crippen LogP contribution in [0.3, 0.4) is 0 Å². The number of benzene rings is 2.